The van der Waals surface area contributed by atoms with Gasteiger partial charge in [0.15, 0.2) is 5.78 Å². The van der Waals surface area contributed by atoms with Crippen LogP contribution in [0, 0.1) is 0 Å². The van der Waals surface area contributed by atoms with Gasteiger partial charge in [0.05, 0.1) is 11.1 Å². The van der Waals surface area contributed by atoms with E-state index < -0.39 is 5.97 Å². The molecule has 2 aromatic carbocycles. The molecule has 0 fully saturated rings. The van der Waals surface area contributed by atoms with Crippen molar-refractivity contribution in [3.63, 3.8) is 0 Å². The number of halogens is 1. The van der Waals surface area contributed by atoms with Gasteiger partial charge in [-0.05, 0) is 30.3 Å². The molecule has 1 heterocycles. The Bertz CT molecular complexity index is 737. The van der Waals surface area contributed by atoms with Crippen LogP contribution in [-0.4, -0.2) is 16.9 Å². The monoisotopic (exact) mass is 332 g/mol. The van der Waals surface area contributed by atoms with Crippen molar-refractivity contribution in [3.8, 4) is 5.75 Å². The highest BCUT2D eigenvalue weighted by Crippen LogP contribution is 2.30. The summed E-state index contributed by atoms with van der Waals surface area (Å²) in [4.78, 5) is 23.5. The highest BCUT2D eigenvalue weighted by atomic mass is 79.9. The lowest BCUT2D eigenvalue weighted by Crippen LogP contribution is -2.04. The van der Waals surface area contributed by atoms with Crippen molar-refractivity contribution >= 4 is 27.7 Å². The fourth-order valence-electron chi connectivity index (χ4n) is 2.15. The van der Waals surface area contributed by atoms with Gasteiger partial charge >= 0.3 is 5.97 Å². The number of hydrogen-bond acceptors (Lipinski definition) is 3. The van der Waals surface area contributed by atoms with Crippen LogP contribution in [0.25, 0.3) is 0 Å². The van der Waals surface area contributed by atoms with Gasteiger partial charge in [0.1, 0.15) is 12.4 Å². The van der Waals surface area contributed by atoms with Crippen molar-refractivity contribution in [1.29, 1.82) is 0 Å². The summed E-state index contributed by atoms with van der Waals surface area (Å²) in [5.74, 6) is -0.902. The highest BCUT2D eigenvalue weighted by Gasteiger charge is 2.23. The molecule has 0 spiro atoms. The first-order chi connectivity index (χ1) is 9.56. The van der Waals surface area contributed by atoms with Crippen LogP contribution < -0.4 is 4.74 Å². The van der Waals surface area contributed by atoms with Crippen LogP contribution in [-0.2, 0) is 6.61 Å². The Hall–Kier alpha value is -2.14. The zero-order chi connectivity index (χ0) is 14.3. The van der Waals surface area contributed by atoms with Crippen LogP contribution in [0.1, 0.15) is 31.8 Å². The average Bonchev–Trinajstić information content (AvgIpc) is 2.57. The third-order valence-electron chi connectivity index (χ3n) is 3.17. The van der Waals surface area contributed by atoms with Gasteiger partial charge in [-0.2, -0.15) is 0 Å². The molecule has 0 unspecified atom stereocenters. The Balaban J connectivity index is 2.15. The van der Waals surface area contributed by atoms with Crippen molar-refractivity contribution in [2.75, 3.05) is 0 Å². The molecule has 0 bridgehead atoms. The zero-order valence-electron chi connectivity index (χ0n) is 10.2. The standard InChI is InChI=1S/C15H9BrO4/c16-10-3-1-9-7-20-13-5-8(15(18)19)2-4-11(13)14(17)12(9)6-10/h1-6H,7H2,(H,18,19). The summed E-state index contributed by atoms with van der Waals surface area (Å²) in [5.41, 5.74) is 1.84. The number of rotatable bonds is 1. The minimum absolute atomic E-state index is 0.101. The van der Waals surface area contributed by atoms with E-state index in [-0.39, 0.29) is 18.0 Å². The van der Waals surface area contributed by atoms with E-state index in [0.717, 1.165) is 10.0 Å². The van der Waals surface area contributed by atoms with Gasteiger partial charge in [-0.1, -0.05) is 22.0 Å². The summed E-state index contributed by atoms with van der Waals surface area (Å²) in [7, 11) is 0. The number of benzene rings is 2. The van der Waals surface area contributed by atoms with E-state index >= 15 is 0 Å². The van der Waals surface area contributed by atoms with Crippen molar-refractivity contribution < 1.29 is 19.4 Å². The first-order valence-corrected chi connectivity index (χ1v) is 6.69. The Morgan fingerprint density at radius 3 is 2.70 bits per heavy atom. The lowest BCUT2D eigenvalue weighted by Gasteiger charge is -2.06. The Labute approximate surface area is 123 Å². The Morgan fingerprint density at radius 1 is 1.15 bits per heavy atom. The lowest BCUT2D eigenvalue weighted by atomic mass is 9.98. The molecule has 5 heteroatoms. The molecule has 0 aliphatic carbocycles. The molecule has 0 atom stereocenters. The quantitative estimate of drug-likeness (QED) is 0.870. The molecule has 2 aromatic rings. The molecule has 20 heavy (non-hydrogen) atoms. The van der Waals surface area contributed by atoms with E-state index in [1.165, 1.54) is 18.2 Å². The van der Waals surface area contributed by atoms with Gasteiger partial charge in [-0.3, -0.25) is 4.79 Å². The number of carboxylic acids is 1. The third kappa shape index (κ3) is 2.10. The summed E-state index contributed by atoms with van der Waals surface area (Å²) in [6, 6.07) is 9.70. The number of carbonyl (C=O) groups is 2. The molecule has 0 aromatic heterocycles. The number of aromatic carboxylic acids is 1. The fourth-order valence-corrected chi connectivity index (χ4v) is 2.51. The summed E-state index contributed by atoms with van der Waals surface area (Å²) in [5, 5.41) is 8.99. The van der Waals surface area contributed by atoms with Gasteiger partial charge in [-0.25, -0.2) is 4.79 Å². The van der Waals surface area contributed by atoms with E-state index in [9.17, 15) is 9.59 Å². The van der Waals surface area contributed by atoms with Gasteiger partial charge in [0, 0.05) is 15.6 Å². The smallest absolute Gasteiger partial charge is 0.335 e. The van der Waals surface area contributed by atoms with Gasteiger partial charge in [-0.15, -0.1) is 0 Å². The number of carbonyl (C=O) groups excluding carboxylic acids is 1. The van der Waals surface area contributed by atoms with E-state index in [1.54, 1.807) is 6.07 Å². The Kier molecular flexibility index (Phi) is 3.06. The minimum atomic E-state index is -1.05. The van der Waals surface area contributed by atoms with Crippen molar-refractivity contribution in [2.24, 2.45) is 0 Å². The lowest BCUT2D eigenvalue weighted by molar-refractivity contribution is 0.0696. The maximum absolute atomic E-state index is 12.5. The van der Waals surface area contributed by atoms with E-state index in [1.807, 2.05) is 12.1 Å². The predicted molar refractivity (Wildman–Crippen MR) is 75.3 cm³/mol. The molecule has 100 valence electrons. The number of ether oxygens (including phenoxy) is 1. The second-order valence-corrected chi connectivity index (χ2v) is 5.35. The molecule has 1 N–H and O–H groups in total. The first kappa shape index (κ1) is 12.9. The summed E-state index contributed by atoms with van der Waals surface area (Å²) in [6.07, 6.45) is 0. The minimum Gasteiger partial charge on any atom is -0.488 e. The SMILES string of the molecule is O=C(O)c1ccc2c(c1)OCc1ccc(Br)cc1C2=O. The van der Waals surface area contributed by atoms with Gasteiger partial charge in [0.25, 0.3) is 0 Å². The van der Waals surface area contributed by atoms with Gasteiger partial charge < -0.3 is 9.84 Å². The molecule has 1 aliphatic heterocycles. The number of fused-ring (bicyclic) bond motifs is 2. The molecule has 4 nitrogen and oxygen atoms in total. The van der Waals surface area contributed by atoms with Gasteiger partial charge in [0.2, 0.25) is 0 Å². The van der Waals surface area contributed by atoms with Crippen LogP contribution >= 0.6 is 15.9 Å². The second kappa shape index (κ2) is 4.76. The maximum Gasteiger partial charge on any atom is 0.335 e. The van der Waals surface area contributed by atoms with Crippen LogP contribution in [0.3, 0.4) is 0 Å². The van der Waals surface area contributed by atoms with Crippen molar-refractivity contribution in [1.82, 2.24) is 0 Å². The predicted octanol–water partition coefficient (Wildman–Crippen LogP) is 3.27. The van der Waals surface area contributed by atoms with E-state index in [4.69, 9.17) is 9.84 Å². The number of ketones is 1. The van der Waals surface area contributed by atoms with E-state index in [0.29, 0.717) is 16.9 Å². The van der Waals surface area contributed by atoms with Crippen molar-refractivity contribution in [3.05, 3.63) is 63.1 Å². The number of hydrogen-bond donors (Lipinski definition) is 1. The molecule has 0 saturated heterocycles. The van der Waals surface area contributed by atoms with Crippen LogP contribution in [0.5, 0.6) is 5.75 Å². The third-order valence-corrected chi connectivity index (χ3v) is 3.67. The average molecular weight is 333 g/mol. The summed E-state index contributed by atoms with van der Waals surface area (Å²) < 4.78 is 6.39. The highest BCUT2D eigenvalue weighted by molar-refractivity contribution is 9.10. The zero-order valence-corrected chi connectivity index (χ0v) is 11.8. The van der Waals surface area contributed by atoms with Crippen LogP contribution in [0.2, 0.25) is 0 Å². The van der Waals surface area contributed by atoms with Crippen LogP contribution in [0.15, 0.2) is 40.9 Å². The second-order valence-electron chi connectivity index (χ2n) is 4.44. The maximum atomic E-state index is 12.5. The first-order valence-electron chi connectivity index (χ1n) is 5.89. The molecular weight excluding hydrogens is 324 g/mol. The molecule has 3 rings (SSSR count). The normalized spacial score (nSPS) is 12.9. The van der Waals surface area contributed by atoms with Crippen molar-refractivity contribution in [2.45, 2.75) is 6.61 Å². The largest absolute Gasteiger partial charge is 0.488 e. The fraction of sp³-hybridized carbons (Fsp3) is 0.0667. The van der Waals surface area contributed by atoms with Crippen LogP contribution in [0.4, 0.5) is 0 Å². The summed E-state index contributed by atoms with van der Waals surface area (Å²) in [6.45, 7) is 0.241. The number of carboxylic acid groups (broad SMARTS) is 1. The topological polar surface area (TPSA) is 63.6 Å². The molecule has 0 radical (unpaired) electrons. The molecule has 0 amide bonds. The molecule has 1 aliphatic rings. The van der Waals surface area contributed by atoms with E-state index in [2.05, 4.69) is 15.9 Å². The Morgan fingerprint density at radius 2 is 1.95 bits per heavy atom. The molecular formula is C15H9BrO4. The molecule has 0 saturated carbocycles. The summed E-state index contributed by atoms with van der Waals surface area (Å²) >= 11 is 3.34.